The molecule has 2 saturated heterocycles. The van der Waals surface area contributed by atoms with Gasteiger partial charge in [-0.1, -0.05) is 0 Å². The first-order valence-electron chi connectivity index (χ1n) is 7.68. The first-order chi connectivity index (χ1) is 10.0. The number of hydrogen-bond donors (Lipinski definition) is 2. The summed E-state index contributed by atoms with van der Waals surface area (Å²) in [5.41, 5.74) is 2.20. The predicted molar refractivity (Wildman–Crippen MR) is 80.2 cm³/mol. The van der Waals surface area contributed by atoms with Crippen LogP contribution in [0.5, 0.6) is 0 Å². The molecule has 2 aliphatic rings. The Labute approximate surface area is 126 Å². The van der Waals surface area contributed by atoms with Gasteiger partial charge in [0.05, 0.1) is 6.54 Å². The van der Waals surface area contributed by atoms with Crippen LogP contribution in [0.2, 0.25) is 0 Å². The van der Waals surface area contributed by atoms with Crippen LogP contribution in [0.3, 0.4) is 0 Å². The van der Waals surface area contributed by atoms with Crippen molar-refractivity contribution in [1.82, 2.24) is 20.1 Å². The van der Waals surface area contributed by atoms with Gasteiger partial charge < -0.3 is 9.80 Å². The SMILES string of the molecule is CN(C)C1CCN(CC(=O)N2CCC(C(=O)NN)CC2)C1. The molecule has 120 valence electrons. The van der Waals surface area contributed by atoms with Gasteiger partial charge in [-0.15, -0.1) is 0 Å². The van der Waals surface area contributed by atoms with Gasteiger partial charge in [-0.05, 0) is 33.4 Å². The van der Waals surface area contributed by atoms with Crippen LogP contribution in [0.15, 0.2) is 0 Å². The number of nitrogens with one attached hydrogen (secondary N) is 1. The van der Waals surface area contributed by atoms with Gasteiger partial charge in [0.25, 0.3) is 0 Å². The quantitative estimate of drug-likeness (QED) is 0.389. The number of hydrazine groups is 1. The van der Waals surface area contributed by atoms with Crippen molar-refractivity contribution < 1.29 is 9.59 Å². The summed E-state index contributed by atoms with van der Waals surface area (Å²) in [6.07, 6.45) is 2.53. The molecule has 2 rings (SSSR count). The van der Waals surface area contributed by atoms with E-state index in [9.17, 15) is 9.59 Å². The van der Waals surface area contributed by atoms with Crippen molar-refractivity contribution in [1.29, 1.82) is 0 Å². The summed E-state index contributed by atoms with van der Waals surface area (Å²) in [5, 5.41) is 0. The van der Waals surface area contributed by atoms with Gasteiger partial charge in [0.15, 0.2) is 0 Å². The number of likely N-dealkylation sites (tertiary alicyclic amines) is 2. The summed E-state index contributed by atoms with van der Waals surface area (Å²) in [6.45, 7) is 3.76. The first-order valence-corrected chi connectivity index (χ1v) is 7.68. The predicted octanol–water partition coefficient (Wildman–Crippen LogP) is -1.15. The standard InChI is InChI=1S/C14H27N5O2/c1-17(2)12-5-6-18(9-12)10-13(20)19-7-3-11(4-8-19)14(21)16-15/h11-12H,3-10,15H2,1-2H3,(H,16,21). The van der Waals surface area contributed by atoms with Crippen LogP contribution < -0.4 is 11.3 Å². The van der Waals surface area contributed by atoms with E-state index in [1.165, 1.54) is 0 Å². The molecule has 0 aromatic rings. The summed E-state index contributed by atoms with van der Waals surface area (Å²) in [7, 11) is 4.17. The molecule has 2 heterocycles. The fraction of sp³-hybridized carbons (Fsp3) is 0.857. The lowest BCUT2D eigenvalue weighted by Crippen LogP contribution is -2.47. The van der Waals surface area contributed by atoms with E-state index < -0.39 is 0 Å². The van der Waals surface area contributed by atoms with Gasteiger partial charge >= 0.3 is 0 Å². The van der Waals surface area contributed by atoms with Crippen molar-refractivity contribution in [3.05, 3.63) is 0 Å². The lowest BCUT2D eigenvalue weighted by atomic mass is 9.96. The molecule has 1 unspecified atom stereocenters. The van der Waals surface area contributed by atoms with Gasteiger partial charge in [-0.2, -0.15) is 0 Å². The number of nitrogens with two attached hydrogens (primary N) is 1. The highest BCUT2D eigenvalue weighted by Crippen LogP contribution is 2.18. The molecule has 2 aliphatic heterocycles. The molecule has 0 saturated carbocycles. The fourth-order valence-corrected chi connectivity index (χ4v) is 3.18. The molecule has 0 spiro atoms. The summed E-state index contributed by atoms with van der Waals surface area (Å²) < 4.78 is 0. The highest BCUT2D eigenvalue weighted by atomic mass is 16.2. The molecule has 0 aromatic heterocycles. The van der Waals surface area contributed by atoms with E-state index in [2.05, 4.69) is 29.3 Å². The molecule has 1 atom stereocenters. The number of amides is 2. The van der Waals surface area contributed by atoms with Crippen molar-refractivity contribution in [3.8, 4) is 0 Å². The lowest BCUT2D eigenvalue weighted by molar-refractivity contribution is -0.136. The molecule has 7 heteroatoms. The van der Waals surface area contributed by atoms with Crippen LogP contribution in [0.4, 0.5) is 0 Å². The smallest absolute Gasteiger partial charge is 0.237 e. The zero-order valence-corrected chi connectivity index (χ0v) is 13.0. The Kier molecular flexibility index (Phi) is 5.55. The Hall–Kier alpha value is -1.18. The molecule has 0 aliphatic carbocycles. The van der Waals surface area contributed by atoms with E-state index in [0.29, 0.717) is 38.5 Å². The Morgan fingerprint density at radius 1 is 1.19 bits per heavy atom. The van der Waals surface area contributed by atoms with Crippen LogP contribution >= 0.6 is 0 Å². The molecule has 2 fully saturated rings. The monoisotopic (exact) mass is 297 g/mol. The van der Waals surface area contributed by atoms with Crippen molar-refractivity contribution >= 4 is 11.8 Å². The second kappa shape index (κ2) is 7.20. The minimum absolute atomic E-state index is 0.0519. The largest absolute Gasteiger partial charge is 0.342 e. The van der Waals surface area contributed by atoms with E-state index >= 15 is 0 Å². The minimum Gasteiger partial charge on any atom is -0.342 e. The number of rotatable bonds is 4. The summed E-state index contributed by atoms with van der Waals surface area (Å²) in [5.74, 6) is 5.17. The van der Waals surface area contributed by atoms with Crippen LogP contribution in [-0.2, 0) is 9.59 Å². The maximum absolute atomic E-state index is 12.3. The minimum atomic E-state index is -0.115. The Morgan fingerprint density at radius 2 is 1.86 bits per heavy atom. The third kappa shape index (κ3) is 4.15. The molecule has 21 heavy (non-hydrogen) atoms. The highest BCUT2D eigenvalue weighted by Gasteiger charge is 2.30. The first kappa shape index (κ1) is 16.2. The molecule has 3 N–H and O–H groups in total. The van der Waals surface area contributed by atoms with Crippen LogP contribution in [0.25, 0.3) is 0 Å². The molecule has 0 aromatic carbocycles. The number of carbonyl (C=O) groups is 2. The Morgan fingerprint density at radius 3 is 2.38 bits per heavy atom. The third-order valence-electron chi connectivity index (χ3n) is 4.70. The van der Waals surface area contributed by atoms with Crippen molar-refractivity contribution in [2.24, 2.45) is 11.8 Å². The number of carbonyl (C=O) groups excluding carboxylic acids is 2. The summed E-state index contributed by atoms with van der Waals surface area (Å²) in [4.78, 5) is 30.1. The zero-order chi connectivity index (χ0) is 15.4. The molecular weight excluding hydrogens is 270 g/mol. The molecule has 0 bridgehead atoms. The third-order valence-corrected chi connectivity index (χ3v) is 4.70. The highest BCUT2D eigenvalue weighted by molar-refractivity contribution is 5.80. The van der Waals surface area contributed by atoms with Gasteiger partial charge in [0, 0.05) is 38.1 Å². The van der Waals surface area contributed by atoms with Crippen LogP contribution in [0.1, 0.15) is 19.3 Å². The van der Waals surface area contributed by atoms with E-state index in [1.54, 1.807) is 0 Å². The molecule has 7 nitrogen and oxygen atoms in total. The van der Waals surface area contributed by atoms with E-state index in [4.69, 9.17) is 5.84 Å². The summed E-state index contributed by atoms with van der Waals surface area (Å²) in [6, 6.07) is 0.553. The Balaban J connectivity index is 1.74. The van der Waals surface area contributed by atoms with Crippen molar-refractivity contribution in [3.63, 3.8) is 0 Å². The van der Waals surface area contributed by atoms with E-state index in [0.717, 1.165) is 19.5 Å². The van der Waals surface area contributed by atoms with E-state index in [-0.39, 0.29) is 17.7 Å². The fourth-order valence-electron chi connectivity index (χ4n) is 3.18. The van der Waals surface area contributed by atoms with Gasteiger partial charge in [-0.3, -0.25) is 19.9 Å². The van der Waals surface area contributed by atoms with Crippen LogP contribution in [0, 0.1) is 5.92 Å². The zero-order valence-electron chi connectivity index (χ0n) is 13.0. The van der Waals surface area contributed by atoms with Gasteiger partial charge in [0.1, 0.15) is 0 Å². The van der Waals surface area contributed by atoms with Crippen molar-refractivity contribution in [2.45, 2.75) is 25.3 Å². The summed E-state index contributed by atoms with van der Waals surface area (Å²) >= 11 is 0. The van der Waals surface area contributed by atoms with Crippen LogP contribution in [-0.4, -0.2) is 79.4 Å². The number of likely N-dealkylation sites (N-methyl/N-ethyl adjacent to an activating group) is 1. The normalized spacial score (nSPS) is 24.6. The van der Waals surface area contributed by atoms with Gasteiger partial charge in [-0.25, -0.2) is 5.84 Å². The Bertz CT molecular complexity index is 380. The van der Waals surface area contributed by atoms with Crippen molar-refractivity contribution in [2.75, 3.05) is 46.8 Å². The number of hydrogen-bond acceptors (Lipinski definition) is 5. The lowest BCUT2D eigenvalue weighted by Gasteiger charge is -2.32. The van der Waals surface area contributed by atoms with Gasteiger partial charge in [0.2, 0.25) is 11.8 Å². The second-order valence-corrected chi connectivity index (χ2v) is 6.30. The second-order valence-electron chi connectivity index (χ2n) is 6.30. The maximum atomic E-state index is 12.3. The molecule has 2 amide bonds. The topological polar surface area (TPSA) is 81.9 Å². The molecule has 0 radical (unpaired) electrons. The average molecular weight is 297 g/mol. The maximum Gasteiger partial charge on any atom is 0.237 e. The van der Waals surface area contributed by atoms with E-state index in [1.807, 2.05) is 4.90 Å². The number of piperidine rings is 1. The number of nitrogens with zero attached hydrogens (tertiary/aromatic N) is 3. The average Bonchev–Trinajstić information content (AvgIpc) is 2.95. The molecular formula is C14H27N5O2.